The van der Waals surface area contributed by atoms with E-state index in [9.17, 15) is 14.3 Å². The molecule has 3 heterocycles. The minimum atomic E-state index is -0.809. The van der Waals surface area contributed by atoms with Crippen LogP contribution in [0.15, 0.2) is 35.6 Å². The van der Waals surface area contributed by atoms with Crippen molar-refractivity contribution in [1.82, 2.24) is 14.7 Å². The molecule has 0 radical (unpaired) electrons. The summed E-state index contributed by atoms with van der Waals surface area (Å²) in [6, 6.07) is 6.15. The van der Waals surface area contributed by atoms with E-state index in [1.54, 1.807) is 12.1 Å². The first kappa shape index (κ1) is 22.5. The van der Waals surface area contributed by atoms with Crippen LogP contribution in [0.5, 0.6) is 0 Å². The first-order chi connectivity index (χ1) is 15.4. The van der Waals surface area contributed by atoms with Crippen molar-refractivity contribution in [2.75, 3.05) is 13.1 Å². The van der Waals surface area contributed by atoms with Crippen molar-refractivity contribution >= 4 is 11.7 Å². The Kier molecular flexibility index (Phi) is 6.60. The summed E-state index contributed by atoms with van der Waals surface area (Å²) < 4.78 is 15.2. The van der Waals surface area contributed by atoms with E-state index in [1.165, 1.54) is 23.4 Å². The minimum absolute atomic E-state index is 0.271. The summed E-state index contributed by atoms with van der Waals surface area (Å²) in [5.41, 5.74) is 3.14. The molecule has 0 aliphatic carbocycles. The van der Waals surface area contributed by atoms with Crippen molar-refractivity contribution in [3.8, 4) is 0 Å². The summed E-state index contributed by atoms with van der Waals surface area (Å²) in [5, 5.41) is 18.7. The minimum Gasteiger partial charge on any atom is -0.481 e. The second-order valence-corrected chi connectivity index (χ2v) is 9.02. The summed E-state index contributed by atoms with van der Waals surface area (Å²) in [5.74, 6) is -1.06. The third-order valence-electron chi connectivity index (χ3n) is 6.83. The second-order valence-electron chi connectivity index (χ2n) is 9.02. The largest absolute Gasteiger partial charge is 0.481 e. The van der Waals surface area contributed by atoms with Crippen LogP contribution in [0.4, 0.5) is 4.39 Å². The molecule has 1 aromatic heterocycles. The number of benzene rings is 1. The van der Waals surface area contributed by atoms with E-state index >= 15 is 0 Å². The number of carbonyl (C=O) groups is 1. The zero-order valence-electron chi connectivity index (χ0n) is 18.8. The van der Waals surface area contributed by atoms with Crippen molar-refractivity contribution < 1.29 is 19.1 Å². The first-order valence-electron chi connectivity index (χ1n) is 11.4. The van der Waals surface area contributed by atoms with Gasteiger partial charge in [0.25, 0.3) is 0 Å². The molecule has 4 rings (SSSR count). The lowest BCUT2D eigenvalue weighted by Gasteiger charge is -2.39. The Labute approximate surface area is 187 Å². The third-order valence-corrected chi connectivity index (χ3v) is 6.83. The van der Waals surface area contributed by atoms with Crippen molar-refractivity contribution in [2.45, 2.75) is 65.1 Å². The fourth-order valence-electron chi connectivity index (χ4n) is 4.75. The van der Waals surface area contributed by atoms with Crippen LogP contribution >= 0.6 is 0 Å². The van der Waals surface area contributed by atoms with Gasteiger partial charge in [0.1, 0.15) is 11.9 Å². The van der Waals surface area contributed by atoms with Gasteiger partial charge in [-0.2, -0.15) is 5.10 Å². The second kappa shape index (κ2) is 9.40. The Morgan fingerprint density at radius 3 is 2.66 bits per heavy atom. The lowest BCUT2D eigenvalue weighted by molar-refractivity contribution is -0.155. The molecule has 1 N–H and O–H groups in total. The molecule has 1 saturated heterocycles. The van der Waals surface area contributed by atoms with Gasteiger partial charge in [-0.3, -0.25) is 14.4 Å². The highest BCUT2D eigenvalue weighted by Crippen LogP contribution is 2.39. The molecule has 1 aromatic carbocycles. The van der Waals surface area contributed by atoms with Gasteiger partial charge in [0.05, 0.1) is 17.3 Å². The summed E-state index contributed by atoms with van der Waals surface area (Å²) in [6.45, 7) is 7.39. The Morgan fingerprint density at radius 2 is 2.00 bits per heavy atom. The van der Waals surface area contributed by atoms with Crippen LogP contribution in [0.1, 0.15) is 55.8 Å². The molecular weight excluding hydrogens is 411 g/mol. The van der Waals surface area contributed by atoms with Crippen LogP contribution in [0.25, 0.3) is 0 Å². The molecule has 32 heavy (non-hydrogen) atoms. The number of piperidine rings is 1. The molecule has 8 heteroatoms. The van der Waals surface area contributed by atoms with E-state index < -0.39 is 11.4 Å². The predicted octanol–water partition coefficient (Wildman–Crippen LogP) is 3.99. The van der Waals surface area contributed by atoms with Gasteiger partial charge in [-0.25, -0.2) is 4.39 Å². The molecule has 2 aliphatic rings. The molecule has 0 bridgehead atoms. The monoisotopic (exact) mass is 442 g/mol. The number of nitrogens with zero attached hydrogens (tertiary/aromatic N) is 4. The van der Waals surface area contributed by atoms with Gasteiger partial charge in [0.15, 0.2) is 0 Å². The molecule has 1 atom stereocenters. The molecular formula is C24H31FN4O3. The molecule has 2 aliphatic heterocycles. The number of oxime groups is 1. The number of halogens is 1. The molecule has 0 amide bonds. The fraction of sp³-hybridized carbons (Fsp3) is 0.542. The maximum absolute atomic E-state index is 13.2. The Morgan fingerprint density at radius 1 is 1.28 bits per heavy atom. The standard InChI is InChI=1S/C24H31FN4O3/c1-3-10-29-17(2)19(15-26-29)16-28-11-8-24(9-12-28,23(30)31)14-21-13-22(27-32-21)18-4-6-20(25)7-5-18/h4-7,15,21H,3,8-14,16H2,1-2H3,(H,30,31)/t21-/m1/s1. The normalized spacial score (nSPS) is 20.7. The predicted molar refractivity (Wildman–Crippen MR) is 119 cm³/mol. The summed E-state index contributed by atoms with van der Waals surface area (Å²) in [4.78, 5) is 20.2. The highest BCUT2D eigenvalue weighted by atomic mass is 19.1. The van der Waals surface area contributed by atoms with Crippen LogP contribution in [-0.2, 0) is 22.7 Å². The van der Waals surface area contributed by atoms with Crippen LogP contribution < -0.4 is 0 Å². The van der Waals surface area contributed by atoms with E-state index in [0.29, 0.717) is 25.7 Å². The fourth-order valence-corrected chi connectivity index (χ4v) is 4.75. The maximum atomic E-state index is 13.2. The van der Waals surface area contributed by atoms with Gasteiger partial charge in [0.2, 0.25) is 0 Å². The van der Waals surface area contributed by atoms with Crippen molar-refractivity contribution in [3.05, 3.63) is 53.1 Å². The van der Waals surface area contributed by atoms with E-state index in [1.807, 2.05) is 10.9 Å². The van der Waals surface area contributed by atoms with Gasteiger partial charge in [-0.15, -0.1) is 0 Å². The lowest BCUT2D eigenvalue weighted by atomic mass is 9.73. The maximum Gasteiger partial charge on any atom is 0.309 e. The summed E-state index contributed by atoms with van der Waals surface area (Å²) in [7, 11) is 0. The Hall–Kier alpha value is -2.74. The van der Waals surface area contributed by atoms with Crippen molar-refractivity contribution in [1.29, 1.82) is 0 Å². The van der Waals surface area contributed by atoms with Crippen LogP contribution in [0.3, 0.4) is 0 Å². The average molecular weight is 443 g/mol. The quantitative estimate of drug-likeness (QED) is 0.669. The molecule has 0 unspecified atom stereocenters. The number of hydrogen-bond donors (Lipinski definition) is 1. The Bertz CT molecular complexity index is 978. The van der Waals surface area contributed by atoms with Gasteiger partial charge < -0.3 is 9.94 Å². The number of aryl methyl sites for hydroxylation is 1. The number of aromatic nitrogens is 2. The molecule has 2 aromatic rings. The smallest absolute Gasteiger partial charge is 0.309 e. The van der Waals surface area contributed by atoms with Crippen LogP contribution in [-0.4, -0.2) is 50.7 Å². The number of carboxylic acids is 1. The topological polar surface area (TPSA) is 80.0 Å². The lowest BCUT2D eigenvalue weighted by Crippen LogP contribution is -2.45. The zero-order valence-corrected chi connectivity index (χ0v) is 18.8. The highest BCUT2D eigenvalue weighted by Gasteiger charge is 2.45. The SMILES string of the molecule is CCCn1ncc(CN2CCC(C[C@H]3CC(c4ccc(F)cc4)=NO3)(C(=O)O)CC2)c1C. The third kappa shape index (κ3) is 4.70. The van der Waals surface area contributed by atoms with E-state index in [2.05, 4.69) is 29.0 Å². The number of hydrogen-bond acceptors (Lipinski definition) is 5. The molecule has 1 fully saturated rings. The Balaban J connectivity index is 1.34. The van der Waals surface area contributed by atoms with E-state index in [0.717, 1.165) is 43.9 Å². The number of carboxylic acid groups (broad SMARTS) is 1. The molecule has 172 valence electrons. The van der Waals surface area contributed by atoms with Gasteiger partial charge in [0, 0.05) is 37.2 Å². The molecule has 7 nitrogen and oxygen atoms in total. The van der Waals surface area contributed by atoms with Crippen molar-refractivity contribution in [3.63, 3.8) is 0 Å². The first-order valence-corrected chi connectivity index (χ1v) is 11.4. The van der Waals surface area contributed by atoms with Crippen molar-refractivity contribution in [2.24, 2.45) is 10.6 Å². The molecule has 0 saturated carbocycles. The van der Waals surface area contributed by atoms with Gasteiger partial charge in [-0.1, -0.05) is 24.2 Å². The van der Waals surface area contributed by atoms with Crippen LogP contribution in [0, 0.1) is 18.2 Å². The van der Waals surface area contributed by atoms with Crippen LogP contribution in [0.2, 0.25) is 0 Å². The van der Waals surface area contributed by atoms with Gasteiger partial charge >= 0.3 is 5.97 Å². The summed E-state index contributed by atoms with van der Waals surface area (Å²) >= 11 is 0. The number of likely N-dealkylation sites (tertiary alicyclic amines) is 1. The van der Waals surface area contributed by atoms with Gasteiger partial charge in [-0.05, 0) is 57.0 Å². The molecule has 0 spiro atoms. The summed E-state index contributed by atoms with van der Waals surface area (Å²) in [6.07, 6.45) is 4.84. The highest BCUT2D eigenvalue weighted by molar-refractivity contribution is 6.01. The van der Waals surface area contributed by atoms with E-state index in [4.69, 9.17) is 4.84 Å². The zero-order chi connectivity index (χ0) is 22.7. The number of aliphatic carboxylic acids is 1. The van der Waals surface area contributed by atoms with E-state index in [-0.39, 0.29) is 11.9 Å². The average Bonchev–Trinajstić information content (AvgIpc) is 3.38. The number of rotatable bonds is 8.